The second-order valence-electron chi connectivity index (χ2n) is 13.9. The lowest BCUT2D eigenvalue weighted by atomic mass is 9.99. The zero-order chi connectivity index (χ0) is 39.5. The summed E-state index contributed by atoms with van der Waals surface area (Å²) in [6.07, 6.45) is 8.60. The number of nitrogens with two attached hydrogens (primary N) is 1. The van der Waals surface area contributed by atoms with Crippen LogP contribution < -0.4 is 27.0 Å². The molecule has 0 radical (unpaired) electrons. The van der Waals surface area contributed by atoms with Gasteiger partial charge in [-0.2, -0.15) is 0 Å². The number of aliphatic carboxylic acids is 1. The number of aromatic nitrogens is 1. The molecule has 0 saturated carbocycles. The third-order valence-corrected chi connectivity index (χ3v) is 9.44. The summed E-state index contributed by atoms with van der Waals surface area (Å²) in [6, 6.07) is 13.9. The van der Waals surface area contributed by atoms with Crippen LogP contribution >= 0.6 is 12.4 Å². The zero-order valence-corrected chi connectivity index (χ0v) is 33.4. The van der Waals surface area contributed by atoms with E-state index in [4.69, 9.17) is 15.6 Å². The average Bonchev–Trinajstić information content (AvgIpc) is 3.14. The van der Waals surface area contributed by atoms with Crippen LogP contribution in [0.5, 0.6) is 0 Å². The number of anilines is 2. The highest BCUT2D eigenvalue weighted by atomic mass is 35.5. The van der Waals surface area contributed by atoms with Crippen molar-refractivity contribution in [1.82, 2.24) is 20.9 Å². The zero-order valence-electron chi connectivity index (χ0n) is 32.6. The highest BCUT2D eigenvalue weighted by molar-refractivity contribution is 5.97. The van der Waals surface area contributed by atoms with E-state index in [2.05, 4.69) is 45.3 Å². The maximum atomic E-state index is 12.7. The molecule has 0 aliphatic heterocycles. The topological polar surface area (TPSA) is 202 Å². The van der Waals surface area contributed by atoms with Gasteiger partial charge in [0, 0.05) is 36.5 Å². The molecule has 1 unspecified atom stereocenters. The Morgan fingerprint density at radius 1 is 0.818 bits per heavy atom. The molecule has 3 atom stereocenters. The van der Waals surface area contributed by atoms with Crippen LogP contribution in [0.3, 0.4) is 0 Å². The number of rotatable bonds is 23. The van der Waals surface area contributed by atoms with Gasteiger partial charge in [0.2, 0.25) is 17.7 Å². The number of nitrogen functional groups attached to an aromatic ring is 1. The first kappa shape index (κ1) is 46.2. The van der Waals surface area contributed by atoms with Crippen LogP contribution in [0, 0.1) is 5.92 Å². The van der Waals surface area contributed by atoms with Gasteiger partial charge in [-0.25, -0.2) is 9.78 Å². The molecule has 14 heteroatoms. The van der Waals surface area contributed by atoms with Gasteiger partial charge in [-0.1, -0.05) is 57.4 Å². The second kappa shape index (κ2) is 24.5. The Labute approximate surface area is 330 Å². The fraction of sp³-hybridized carbons (Fsp3) is 0.512. The smallest absolute Gasteiger partial charge is 0.407 e. The summed E-state index contributed by atoms with van der Waals surface area (Å²) in [4.78, 5) is 65.2. The summed E-state index contributed by atoms with van der Waals surface area (Å²) in [7, 11) is 0. The Morgan fingerprint density at radius 2 is 1.51 bits per heavy atom. The average molecular weight is 783 g/mol. The number of nitrogens with one attached hydrogen (secondary N) is 4. The molecule has 2 aromatic carbocycles. The molecule has 0 bridgehead atoms. The molecule has 1 aromatic heterocycles. The van der Waals surface area contributed by atoms with E-state index in [0.717, 1.165) is 61.6 Å². The Kier molecular flexibility index (Phi) is 20.6. The van der Waals surface area contributed by atoms with Gasteiger partial charge in [0.05, 0.1) is 11.4 Å². The third kappa shape index (κ3) is 16.6. The van der Waals surface area contributed by atoms with Crippen molar-refractivity contribution in [2.75, 3.05) is 17.6 Å². The van der Waals surface area contributed by atoms with E-state index in [1.165, 1.54) is 17.4 Å². The molecular formula is C41H59ClN6O7. The number of unbranched alkanes of at least 4 members (excludes halogenated alkanes) is 5. The fourth-order valence-corrected chi connectivity index (χ4v) is 5.89. The third-order valence-electron chi connectivity index (χ3n) is 9.44. The SMILES string of the molecule is CCCCCc1cc2c(CCCCCNC(=O)OCc3ccc(NC(=O)[C@H](C)NC(=O)[C@@H](C)C(C)NC(=O)CCCCC(=O)O)cc3)cccc2nc1N.Cl. The van der Waals surface area contributed by atoms with Crippen LogP contribution in [0.25, 0.3) is 10.9 Å². The van der Waals surface area contributed by atoms with Crippen molar-refractivity contribution in [2.24, 2.45) is 5.92 Å². The number of benzene rings is 2. The standard InChI is InChI=1S/C41H58N6O7.ClH/c1-5-6-8-15-32-25-34-31(16-13-17-35(34)47-38(32)42)14-9-7-12-24-43-41(53)54-26-30-20-22-33(23-21-30)46-40(52)29(4)45-39(51)27(2)28(3)44-36(48)18-10-11-19-37(49)50;/h13,16-17,20-23,25,27-29H,5-12,14-15,18-19,24,26H2,1-4H3,(H2,42,47)(H,43,53)(H,44,48)(H,45,51)(H,46,52)(H,49,50);1H/t27-,28?,29-;/m0./s1. The van der Waals surface area contributed by atoms with E-state index in [9.17, 15) is 24.0 Å². The predicted molar refractivity (Wildman–Crippen MR) is 218 cm³/mol. The first-order valence-electron chi connectivity index (χ1n) is 19.2. The molecule has 4 amide bonds. The van der Waals surface area contributed by atoms with Gasteiger partial charge in [-0.05, 0) is 99.7 Å². The number of amides is 4. The monoisotopic (exact) mass is 782 g/mol. The van der Waals surface area contributed by atoms with Crippen molar-refractivity contribution in [2.45, 2.75) is 123 Å². The molecule has 0 aliphatic rings. The molecule has 0 fully saturated rings. The highest BCUT2D eigenvalue weighted by Gasteiger charge is 2.25. The summed E-state index contributed by atoms with van der Waals surface area (Å²) in [5.74, 6) is -1.95. The van der Waals surface area contributed by atoms with Gasteiger partial charge in [0.1, 0.15) is 18.5 Å². The van der Waals surface area contributed by atoms with E-state index < -0.39 is 41.9 Å². The number of pyridine rings is 1. The summed E-state index contributed by atoms with van der Waals surface area (Å²) >= 11 is 0. The van der Waals surface area contributed by atoms with E-state index in [-0.39, 0.29) is 37.8 Å². The minimum absolute atomic E-state index is 0. The number of hydrogen-bond donors (Lipinski definition) is 6. The maximum absolute atomic E-state index is 12.7. The van der Waals surface area contributed by atoms with Crippen molar-refractivity contribution in [3.63, 3.8) is 0 Å². The van der Waals surface area contributed by atoms with Crippen molar-refractivity contribution in [3.05, 3.63) is 65.2 Å². The molecular weight excluding hydrogens is 724 g/mol. The van der Waals surface area contributed by atoms with Crippen LogP contribution in [-0.2, 0) is 43.4 Å². The van der Waals surface area contributed by atoms with Crippen molar-refractivity contribution < 1.29 is 33.8 Å². The molecule has 0 aliphatic carbocycles. The van der Waals surface area contributed by atoms with Gasteiger partial charge < -0.3 is 36.8 Å². The van der Waals surface area contributed by atoms with E-state index >= 15 is 0 Å². The Morgan fingerprint density at radius 3 is 2.22 bits per heavy atom. The molecule has 302 valence electrons. The summed E-state index contributed by atoms with van der Waals surface area (Å²) in [5.41, 5.74) is 10.8. The molecule has 7 N–H and O–H groups in total. The number of carbonyl (C=O) groups excluding carboxylic acids is 4. The fourth-order valence-electron chi connectivity index (χ4n) is 5.89. The quantitative estimate of drug-likeness (QED) is 0.0557. The molecule has 0 saturated heterocycles. The Balaban J connectivity index is 0.0000105. The van der Waals surface area contributed by atoms with Crippen molar-refractivity contribution in [3.8, 4) is 0 Å². The van der Waals surface area contributed by atoms with Gasteiger partial charge in [0.15, 0.2) is 0 Å². The van der Waals surface area contributed by atoms with Crippen LogP contribution in [0.15, 0.2) is 48.5 Å². The molecule has 0 spiro atoms. The van der Waals surface area contributed by atoms with Gasteiger partial charge in [-0.3, -0.25) is 19.2 Å². The first-order valence-corrected chi connectivity index (χ1v) is 19.2. The number of fused-ring (bicyclic) bond motifs is 1. The number of ether oxygens (including phenoxy) is 1. The van der Waals surface area contributed by atoms with E-state index in [1.807, 2.05) is 12.1 Å². The summed E-state index contributed by atoms with van der Waals surface area (Å²) in [5, 5.41) is 20.9. The number of halogens is 1. The second-order valence-corrected chi connectivity index (χ2v) is 13.9. The molecule has 1 heterocycles. The van der Waals surface area contributed by atoms with Crippen LogP contribution in [0.2, 0.25) is 0 Å². The lowest BCUT2D eigenvalue weighted by molar-refractivity contribution is -0.137. The minimum Gasteiger partial charge on any atom is -0.481 e. The largest absolute Gasteiger partial charge is 0.481 e. The number of carboxylic acids is 1. The van der Waals surface area contributed by atoms with Gasteiger partial charge in [0.25, 0.3) is 0 Å². The van der Waals surface area contributed by atoms with Gasteiger partial charge >= 0.3 is 12.1 Å². The van der Waals surface area contributed by atoms with Crippen LogP contribution in [0.4, 0.5) is 16.3 Å². The van der Waals surface area contributed by atoms with Gasteiger partial charge in [-0.15, -0.1) is 12.4 Å². The van der Waals surface area contributed by atoms with Crippen molar-refractivity contribution in [1.29, 1.82) is 0 Å². The number of alkyl carbamates (subject to hydrolysis) is 1. The molecule has 55 heavy (non-hydrogen) atoms. The first-order chi connectivity index (χ1) is 25.9. The number of carbonyl (C=O) groups is 5. The van der Waals surface area contributed by atoms with Crippen LogP contribution in [0.1, 0.15) is 109 Å². The van der Waals surface area contributed by atoms with Crippen LogP contribution in [-0.4, -0.2) is 58.5 Å². The minimum atomic E-state index is -0.904. The lowest BCUT2D eigenvalue weighted by Crippen LogP contribution is -2.48. The van der Waals surface area contributed by atoms with E-state index in [1.54, 1.807) is 45.0 Å². The number of carboxylic acid groups (broad SMARTS) is 1. The number of nitrogens with zero attached hydrogens (tertiary/aromatic N) is 1. The number of aryl methyl sites for hydroxylation is 2. The van der Waals surface area contributed by atoms with E-state index in [0.29, 0.717) is 30.9 Å². The number of hydrogen-bond acceptors (Lipinski definition) is 8. The highest BCUT2D eigenvalue weighted by Crippen LogP contribution is 2.25. The normalized spacial score (nSPS) is 12.4. The van der Waals surface area contributed by atoms with Crippen molar-refractivity contribution >= 4 is 64.6 Å². The Hall–Kier alpha value is -4.91. The maximum Gasteiger partial charge on any atom is 0.407 e. The molecule has 13 nitrogen and oxygen atoms in total. The summed E-state index contributed by atoms with van der Waals surface area (Å²) < 4.78 is 5.36. The molecule has 3 aromatic rings. The molecule has 3 rings (SSSR count). The summed E-state index contributed by atoms with van der Waals surface area (Å²) in [6.45, 7) is 7.70. The lowest BCUT2D eigenvalue weighted by Gasteiger charge is -2.23. The Bertz CT molecular complexity index is 1700. The predicted octanol–water partition coefficient (Wildman–Crippen LogP) is 6.84.